The SMILES string of the molecule is CSc1ncnc2cc3ncn([C@@H]4C[C@H](O)[C@@H](O)[C@H]4O)c3cc12. The molecule has 4 atom stereocenters. The van der Waals surface area contributed by atoms with Crippen LogP contribution >= 0.6 is 11.8 Å². The van der Waals surface area contributed by atoms with E-state index in [1.165, 1.54) is 18.1 Å². The first kappa shape index (κ1) is 14.8. The first-order valence-electron chi connectivity index (χ1n) is 7.29. The summed E-state index contributed by atoms with van der Waals surface area (Å²) in [6.07, 6.45) is 2.31. The third kappa shape index (κ3) is 2.21. The molecule has 3 aromatic rings. The summed E-state index contributed by atoms with van der Waals surface area (Å²) in [6, 6.07) is 3.43. The summed E-state index contributed by atoms with van der Waals surface area (Å²) in [7, 11) is 0. The van der Waals surface area contributed by atoms with E-state index in [0.29, 0.717) is 0 Å². The molecule has 1 aliphatic rings. The van der Waals surface area contributed by atoms with E-state index in [0.717, 1.165) is 27.0 Å². The van der Waals surface area contributed by atoms with Crippen molar-refractivity contribution in [2.24, 2.45) is 0 Å². The fraction of sp³-hybridized carbons (Fsp3) is 0.400. The molecule has 120 valence electrons. The first-order valence-corrected chi connectivity index (χ1v) is 8.52. The fourth-order valence-electron chi connectivity index (χ4n) is 3.24. The van der Waals surface area contributed by atoms with Crippen LogP contribution in [0.5, 0.6) is 0 Å². The molecular formula is C15H16N4O3S. The zero-order valence-electron chi connectivity index (χ0n) is 12.4. The van der Waals surface area contributed by atoms with Crippen molar-refractivity contribution in [1.29, 1.82) is 0 Å². The zero-order valence-corrected chi connectivity index (χ0v) is 13.2. The van der Waals surface area contributed by atoms with E-state index in [2.05, 4.69) is 15.0 Å². The molecule has 0 amide bonds. The number of hydrogen-bond acceptors (Lipinski definition) is 7. The molecule has 0 radical (unpaired) electrons. The highest BCUT2D eigenvalue weighted by Gasteiger charge is 2.41. The smallest absolute Gasteiger partial charge is 0.117 e. The quantitative estimate of drug-likeness (QED) is 0.469. The maximum atomic E-state index is 10.2. The number of aliphatic hydroxyl groups excluding tert-OH is 3. The van der Waals surface area contributed by atoms with Crippen molar-refractivity contribution in [1.82, 2.24) is 19.5 Å². The Morgan fingerprint density at radius 2 is 1.91 bits per heavy atom. The van der Waals surface area contributed by atoms with Gasteiger partial charge in [-0.3, -0.25) is 0 Å². The summed E-state index contributed by atoms with van der Waals surface area (Å²) >= 11 is 1.54. The Bertz CT molecular complexity index is 884. The molecule has 7 nitrogen and oxygen atoms in total. The van der Waals surface area contributed by atoms with Gasteiger partial charge in [0.25, 0.3) is 0 Å². The van der Waals surface area contributed by atoms with Gasteiger partial charge in [-0.1, -0.05) is 0 Å². The van der Waals surface area contributed by atoms with E-state index in [1.807, 2.05) is 23.0 Å². The predicted molar refractivity (Wildman–Crippen MR) is 86.3 cm³/mol. The van der Waals surface area contributed by atoms with Crippen LogP contribution in [0.3, 0.4) is 0 Å². The van der Waals surface area contributed by atoms with Crippen molar-refractivity contribution < 1.29 is 15.3 Å². The fourth-order valence-corrected chi connectivity index (χ4v) is 3.78. The number of aromatic nitrogens is 4. The first-order chi connectivity index (χ1) is 11.1. The molecule has 0 bridgehead atoms. The lowest BCUT2D eigenvalue weighted by atomic mass is 10.1. The van der Waals surface area contributed by atoms with Crippen molar-refractivity contribution in [2.75, 3.05) is 6.26 Å². The van der Waals surface area contributed by atoms with E-state index in [9.17, 15) is 15.3 Å². The summed E-state index contributed by atoms with van der Waals surface area (Å²) in [5, 5.41) is 31.6. The Kier molecular flexibility index (Phi) is 3.49. The van der Waals surface area contributed by atoms with E-state index in [-0.39, 0.29) is 6.42 Å². The average Bonchev–Trinajstić information content (AvgIpc) is 3.08. The van der Waals surface area contributed by atoms with Crippen LogP contribution in [-0.2, 0) is 0 Å². The highest BCUT2D eigenvalue weighted by Crippen LogP contribution is 2.35. The topological polar surface area (TPSA) is 104 Å². The van der Waals surface area contributed by atoms with Crippen LogP contribution in [0.4, 0.5) is 0 Å². The molecule has 0 spiro atoms. The lowest BCUT2D eigenvalue weighted by Crippen LogP contribution is -2.31. The molecule has 23 heavy (non-hydrogen) atoms. The number of benzene rings is 1. The second-order valence-electron chi connectivity index (χ2n) is 5.74. The van der Waals surface area contributed by atoms with Crippen LogP contribution in [0.15, 0.2) is 29.8 Å². The lowest BCUT2D eigenvalue weighted by Gasteiger charge is -2.18. The Morgan fingerprint density at radius 3 is 2.61 bits per heavy atom. The number of rotatable bonds is 2. The summed E-state index contributed by atoms with van der Waals surface area (Å²) < 4.78 is 1.82. The molecule has 2 heterocycles. The molecule has 0 unspecified atom stereocenters. The summed E-state index contributed by atoms with van der Waals surface area (Å²) in [5.41, 5.74) is 2.40. The minimum Gasteiger partial charge on any atom is -0.390 e. The largest absolute Gasteiger partial charge is 0.390 e. The van der Waals surface area contributed by atoms with Crippen molar-refractivity contribution >= 4 is 33.7 Å². The van der Waals surface area contributed by atoms with Gasteiger partial charge in [-0.2, -0.15) is 0 Å². The van der Waals surface area contributed by atoms with E-state index < -0.39 is 24.4 Å². The van der Waals surface area contributed by atoms with Gasteiger partial charge >= 0.3 is 0 Å². The van der Waals surface area contributed by atoms with Crippen molar-refractivity contribution in [2.45, 2.75) is 35.8 Å². The summed E-state index contributed by atoms with van der Waals surface area (Å²) in [4.78, 5) is 12.9. The molecule has 0 saturated heterocycles. The second kappa shape index (κ2) is 5.41. The number of imidazole rings is 1. The maximum Gasteiger partial charge on any atom is 0.117 e. The monoisotopic (exact) mass is 332 g/mol. The number of fused-ring (bicyclic) bond motifs is 2. The molecule has 2 aromatic heterocycles. The van der Waals surface area contributed by atoms with Crippen LogP contribution in [-0.4, -0.2) is 59.4 Å². The van der Waals surface area contributed by atoms with Gasteiger partial charge in [-0.05, 0) is 24.8 Å². The zero-order chi connectivity index (χ0) is 16.1. The van der Waals surface area contributed by atoms with E-state index in [4.69, 9.17) is 0 Å². The van der Waals surface area contributed by atoms with Gasteiger partial charge in [0.2, 0.25) is 0 Å². The van der Waals surface area contributed by atoms with Gasteiger partial charge in [0.15, 0.2) is 0 Å². The van der Waals surface area contributed by atoms with Gasteiger partial charge < -0.3 is 19.9 Å². The van der Waals surface area contributed by atoms with E-state index >= 15 is 0 Å². The maximum absolute atomic E-state index is 10.2. The summed E-state index contributed by atoms with van der Waals surface area (Å²) in [5.74, 6) is 0. The van der Waals surface area contributed by atoms with Gasteiger partial charge in [0.05, 0.1) is 35.0 Å². The van der Waals surface area contributed by atoms with Crippen molar-refractivity contribution in [3.63, 3.8) is 0 Å². The molecule has 8 heteroatoms. The molecule has 1 fully saturated rings. The number of thioether (sulfide) groups is 1. The molecule has 0 aliphatic heterocycles. The van der Waals surface area contributed by atoms with Crippen LogP contribution in [0.25, 0.3) is 21.9 Å². The van der Waals surface area contributed by atoms with Crippen molar-refractivity contribution in [3.05, 3.63) is 24.8 Å². The molecular weight excluding hydrogens is 316 g/mol. The van der Waals surface area contributed by atoms with Gasteiger partial charge in [0.1, 0.15) is 23.6 Å². The molecule has 1 aromatic carbocycles. The van der Waals surface area contributed by atoms with Gasteiger partial charge in [-0.15, -0.1) is 11.8 Å². The second-order valence-corrected chi connectivity index (χ2v) is 6.54. The number of aliphatic hydroxyl groups is 3. The predicted octanol–water partition coefficient (Wildman–Crippen LogP) is 0.729. The standard InChI is InChI=1S/C15H16N4O3S/c1-23-15-7-2-10-9(3-8(7)16-5-17-15)18-6-19(10)11-4-12(20)14(22)13(11)21/h2-3,5-6,11-14,20-22H,4H2,1H3/t11-,12+,13+,14-/m1/s1. The normalized spacial score (nSPS) is 28.0. The third-order valence-electron chi connectivity index (χ3n) is 4.47. The van der Waals surface area contributed by atoms with Crippen LogP contribution in [0, 0.1) is 0 Å². The highest BCUT2D eigenvalue weighted by molar-refractivity contribution is 7.98. The Balaban J connectivity index is 1.90. The number of hydrogen-bond donors (Lipinski definition) is 3. The third-order valence-corrected chi connectivity index (χ3v) is 5.18. The molecule has 3 N–H and O–H groups in total. The Hall–Kier alpha value is -1.74. The van der Waals surface area contributed by atoms with Gasteiger partial charge in [0, 0.05) is 5.39 Å². The minimum atomic E-state index is -1.14. The van der Waals surface area contributed by atoms with Crippen LogP contribution in [0.2, 0.25) is 0 Å². The lowest BCUT2D eigenvalue weighted by molar-refractivity contribution is -0.0244. The van der Waals surface area contributed by atoms with E-state index in [1.54, 1.807) is 6.33 Å². The van der Waals surface area contributed by atoms with Gasteiger partial charge in [-0.25, -0.2) is 15.0 Å². The van der Waals surface area contributed by atoms with Crippen LogP contribution < -0.4 is 0 Å². The molecule has 1 aliphatic carbocycles. The minimum absolute atomic E-state index is 0.284. The molecule has 1 saturated carbocycles. The Morgan fingerprint density at radius 1 is 1.09 bits per heavy atom. The Labute approximate surface area is 136 Å². The highest BCUT2D eigenvalue weighted by atomic mass is 32.2. The summed E-state index contributed by atoms with van der Waals surface area (Å²) in [6.45, 7) is 0. The average molecular weight is 332 g/mol. The van der Waals surface area contributed by atoms with Crippen molar-refractivity contribution in [3.8, 4) is 0 Å². The number of nitrogens with zero attached hydrogens (tertiary/aromatic N) is 4. The molecule has 4 rings (SSSR count). The van der Waals surface area contributed by atoms with Crippen LogP contribution in [0.1, 0.15) is 12.5 Å².